The normalized spacial score (nSPS) is 10.4. The van der Waals surface area contributed by atoms with Crippen LogP contribution in [0.4, 0.5) is 8.78 Å². The molecule has 0 unspecified atom stereocenters. The van der Waals surface area contributed by atoms with E-state index in [0.717, 1.165) is 6.07 Å². The number of methoxy groups -OCH3 is 1. The molecule has 1 rings (SSSR count). The van der Waals surface area contributed by atoms with Crippen LogP contribution in [0.5, 0.6) is 0 Å². The van der Waals surface area contributed by atoms with Gasteiger partial charge in [-0.15, -0.1) is 0 Å². The lowest BCUT2D eigenvalue weighted by Crippen LogP contribution is -2.14. The topological polar surface area (TPSA) is 35.5 Å². The van der Waals surface area contributed by atoms with E-state index in [2.05, 4.69) is 0 Å². The number of carbonyl (C=O) groups excluding carboxylic acids is 1. The standard InChI is InChI=1S/C11H12F2O3/c1-15-5-6-16-7-10(14)8-3-2-4-9(12)11(8)13/h2-4H,5-7H2,1H3. The van der Waals surface area contributed by atoms with Gasteiger partial charge in [0.15, 0.2) is 17.4 Å². The molecule has 1 aromatic carbocycles. The van der Waals surface area contributed by atoms with Gasteiger partial charge in [-0.3, -0.25) is 4.79 Å². The molecule has 0 saturated heterocycles. The summed E-state index contributed by atoms with van der Waals surface area (Å²) in [5.41, 5.74) is -0.294. The lowest BCUT2D eigenvalue weighted by Gasteiger charge is -2.04. The fourth-order valence-corrected chi connectivity index (χ4v) is 1.10. The van der Waals surface area contributed by atoms with Gasteiger partial charge in [-0.2, -0.15) is 0 Å². The summed E-state index contributed by atoms with van der Waals surface area (Å²) in [4.78, 5) is 11.4. The van der Waals surface area contributed by atoms with E-state index < -0.39 is 17.4 Å². The molecule has 0 amide bonds. The van der Waals surface area contributed by atoms with Crippen LogP contribution >= 0.6 is 0 Å². The van der Waals surface area contributed by atoms with Crippen molar-refractivity contribution in [3.05, 3.63) is 35.4 Å². The summed E-state index contributed by atoms with van der Waals surface area (Å²) in [6, 6.07) is 3.46. The predicted molar refractivity (Wildman–Crippen MR) is 53.4 cm³/mol. The number of ether oxygens (including phenoxy) is 2. The first kappa shape index (κ1) is 12.7. The molecule has 1 aromatic rings. The maximum atomic E-state index is 13.2. The van der Waals surface area contributed by atoms with E-state index in [0.29, 0.717) is 6.61 Å². The van der Waals surface area contributed by atoms with Crippen LogP contribution < -0.4 is 0 Å². The fourth-order valence-electron chi connectivity index (χ4n) is 1.10. The Balaban J connectivity index is 2.56. The zero-order chi connectivity index (χ0) is 12.0. The van der Waals surface area contributed by atoms with Crippen molar-refractivity contribution in [2.75, 3.05) is 26.9 Å². The SMILES string of the molecule is COCCOCC(=O)c1cccc(F)c1F. The highest BCUT2D eigenvalue weighted by Gasteiger charge is 2.14. The van der Waals surface area contributed by atoms with Crippen molar-refractivity contribution in [2.45, 2.75) is 0 Å². The molecule has 0 spiro atoms. The zero-order valence-corrected chi connectivity index (χ0v) is 8.83. The van der Waals surface area contributed by atoms with E-state index in [1.165, 1.54) is 19.2 Å². The second-order valence-electron chi connectivity index (χ2n) is 3.07. The molecule has 16 heavy (non-hydrogen) atoms. The highest BCUT2D eigenvalue weighted by Crippen LogP contribution is 2.11. The van der Waals surface area contributed by atoms with Crippen molar-refractivity contribution in [3.63, 3.8) is 0 Å². The molecule has 0 N–H and O–H groups in total. The number of hydrogen-bond donors (Lipinski definition) is 0. The van der Waals surface area contributed by atoms with Crippen molar-refractivity contribution in [2.24, 2.45) is 0 Å². The molecule has 0 heterocycles. The maximum absolute atomic E-state index is 13.2. The van der Waals surface area contributed by atoms with E-state index in [9.17, 15) is 13.6 Å². The lowest BCUT2D eigenvalue weighted by atomic mass is 10.1. The van der Waals surface area contributed by atoms with Gasteiger partial charge in [0.05, 0.1) is 18.8 Å². The van der Waals surface area contributed by atoms with Crippen LogP contribution in [0.3, 0.4) is 0 Å². The van der Waals surface area contributed by atoms with Crippen molar-refractivity contribution in [1.82, 2.24) is 0 Å². The zero-order valence-electron chi connectivity index (χ0n) is 8.83. The van der Waals surface area contributed by atoms with Crippen LogP contribution in [0.1, 0.15) is 10.4 Å². The monoisotopic (exact) mass is 230 g/mol. The summed E-state index contributed by atoms with van der Waals surface area (Å²) in [6.07, 6.45) is 0. The number of benzene rings is 1. The summed E-state index contributed by atoms with van der Waals surface area (Å²) in [6.45, 7) is 0.293. The number of ketones is 1. The van der Waals surface area contributed by atoms with E-state index in [-0.39, 0.29) is 18.8 Å². The van der Waals surface area contributed by atoms with Gasteiger partial charge in [-0.25, -0.2) is 8.78 Å². The van der Waals surface area contributed by atoms with Crippen LogP contribution in [0.15, 0.2) is 18.2 Å². The third-order valence-corrected chi connectivity index (χ3v) is 1.92. The van der Waals surface area contributed by atoms with Gasteiger partial charge in [-0.05, 0) is 12.1 Å². The van der Waals surface area contributed by atoms with E-state index in [1.807, 2.05) is 0 Å². The third kappa shape index (κ3) is 3.36. The Morgan fingerprint density at radius 1 is 1.31 bits per heavy atom. The molecule has 0 aliphatic carbocycles. The minimum atomic E-state index is -1.14. The molecule has 0 aliphatic rings. The van der Waals surface area contributed by atoms with Crippen molar-refractivity contribution in [3.8, 4) is 0 Å². The Bertz CT molecular complexity index is 366. The molecule has 0 atom stereocenters. The highest BCUT2D eigenvalue weighted by atomic mass is 19.2. The molecular formula is C11H12F2O3. The van der Waals surface area contributed by atoms with Crippen LogP contribution in [0.2, 0.25) is 0 Å². The highest BCUT2D eigenvalue weighted by molar-refractivity contribution is 5.97. The molecule has 0 fully saturated rings. The number of rotatable bonds is 6. The molecular weight excluding hydrogens is 218 g/mol. The quantitative estimate of drug-likeness (QED) is 0.552. The summed E-state index contributed by atoms with van der Waals surface area (Å²) < 4.78 is 35.6. The Morgan fingerprint density at radius 2 is 2.06 bits per heavy atom. The smallest absolute Gasteiger partial charge is 0.191 e. The summed E-state index contributed by atoms with van der Waals surface area (Å²) >= 11 is 0. The van der Waals surface area contributed by atoms with E-state index in [1.54, 1.807) is 0 Å². The van der Waals surface area contributed by atoms with Crippen molar-refractivity contribution < 1.29 is 23.0 Å². The number of halogens is 2. The first-order chi connectivity index (χ1) is 7.66. The first-order valence-electron chi connectivity index (χ1n) is 4.70. The number of Topliss-reactive ketones (excluding diaryl/α,β-unsaturated/α-hetero) is 1. The van der Waals surface area contributed by atoms with E-state index >= 15 is 0 Å². The van der Waals surface area contributed by atoms with Gasteiger partial charge >= 0.3 is 0 Å². The molecule has 0 radical (unpaired) electrons. The van der Waals surface area contributed by atoms with Crippen molar-refractivity contribution >= 4 is 5.78 Å². The third-order valence-electron chi connectivity index (χ3n) is 1.92. The van der Waals surface area contributed by atoms with Gasteiger partial charge in [-0.1, -0.05) is 6.07 Å². The minimum Gasteiger partial charge on any atom is -0.382 e. The first-order valence-corrected chi connectivity index (χ1v) is 4.70. The van der Waals surface area contributed by atoms with Crippen LogP contribution in [0.25, 0.3) is 0 Å². The Kier molecular flexibility index (Phi) is 5.01. The summed E-state index contributed by atoms with van der Waals surface area (Å²) in [5.74, 6) is -2.77. The molecule has 0 bridgehead atoms. The van der Waals surface area contributed by atoms with Crippen LogP contribution in [-0.4, -0.2) is 32.7 Å². The van der Waals surface area contributed by atoms with Gasteiger partial charge in [0.2, 0.25) is 0 Å². The molecule has 0 aliphatic heterocycles. The Morgan fingerprint density at radius 3 is 2.75 bits per heavy atom. The maximum Gasteiger partial charge on any atom is 0.191 e. The predicted octanol–water partition coefficient (Wildman–Crippen LogP) is 1.81. The minimum absolute atomic E-state index is 0.235. The molecule has 0 aromatic heterocycles. The number of hydrogen-bond acceptors (Lipinski definition) is 3. The van der Waals surface area contributed by atoms with Gasteiger partial charge < -0.3 is 9.47 Å². The number of carbonyl (C=O) groups is 1. The Hall–Kier alpha value is -1.33. The fraction of sp³-hybridized carbons (Fsp3) is 0.364. The molecule has 3 nitrogen and oxygen atoms in total. The summed E-state index contributed by atoms with van der Waals surface area (Å²) in [5, 5.41) is 0. The lowest BCUT2D eigenvalue weighted by molar-refractivity contribution is 0.0573. The van der Waals surface area contributed by atoms with Crippen LogP contribution in [-0.2, 0) is 9.47 Å². The van der Waals surface area contributed by atoms with Crippen LogP contribution in [0, 0.1) is 11.6 Å². The molecule has 0 saturated carbocycles. The van der Waals surface area contributed by atoms with E-state index in [4.69, 9.17) is 9.47 Å². The van der Waals surface area contributed by atoms with Crippen molar-refractivity contribution in [1.29, 1.82) is 0 Å². The van der Waals surface area contributed by atoms with Gasteiger partial charge in [0, 0.05) is 7.11 Å². The second kappa shape index (κ2) is 6.30. The molecule has 5 heteroatoms. The van der Waals surface area contributed by atoms with Gasteiger partial charge in [0.25, 0.3) is 0 Å². The average Bonchev–Trinajstić information content (AvgIpc) is 2.28. The molecule has 88 valence electrons. The second-order valence-corrected chi connectivity index (χ2v) is 3.07. The summed E-state index contributed by atoms with van der Waals surface area (Å²) in [7, 11) is 1.50. The Labute approximate surface area is 92.0 Å². The average molecular weight is 230 g/mol. The largest absolute Gasteiger partial charge is 0.382 e. The van der Waals surface area contributed by atoms with Gasteiger partial charge in [0.1, 0.15) is 6.61 Å².